The molecule has 3 aliphatic carbocycles. The summed E-state index contributed by atoms with van der Waals surface area (Å²) >= 11 is 0. The van der Waals surface area contributed by atoms with E-state index in [0.29, 0.717) is 11.3 Å². The summed E-state index contributed by atoms with van der Waals surface area (Å²) in [6.45, 7) is 4.69. The average molecular weight is 189 g/mol. The molecule has 0 spiro atoms. The summed E-state index contributed by atoms with van der Waals surface area (Å²) in [5, 5.41) is 0. The molecule has 14 heavy (non-hydrogen) atoms. The van der Waals surface area contributed by atoms with Gasteiger partial charge in [0.1, 0.15) is 0 Å². The predicted octanol–water partition coefficient (Wildman–Crippen LogP) is 2.06. The molecule has 0 amide bonds. The van der Waals surface area contributed by atoms with Gasteiger partial charge >= 0.3 is 0 Å². The molecule has 1 fully saturated rings. The zero-order valence-corrected chi connectivity index (χ0v) is 8.63. The van der Waals surface area contributed by atoms with E-state index in [1.54, 1.807) is 6.07 Å². The van der Waals surface area contributed by atoms with Gasteiger partial charge in [-0.2, -0.15) is 0 Å². The number of aromatic nitrogens is 1. The summed E-state index contributed by atoms with van der Waals surface area (Å²) in [7, 11) is 0. The van der Waals surface area contributed by atoms with E-state index in [1.807, 2.05) is 6.20 Å². The molecule has 0 aromatic carbocycles. The number of nitrogens with one attached hydrogen (secondary N) is 1. The van der Waals surface area contributed by atoms with Crippen LogP contribution in [0.25, 0.3) is 0 Å². The lowest BCUT2D eigenvalue weighted by Gasteiger charge is -2.57. The first-order chi connectivity index (χ1) is 6.59. The van der Waals surface area contributed by atoms with Gasteiger partial charge in [0.25, 0.3) is 0 Å². The van der Waals surface area contributed by atoms with Gasteiger partial charge in [-0.15, -0.1) is 0 Å². The van der Waals surface area contributed by atoms with E-state index in [0.717, 1.165) is 12.3 Å². The monoisotopic (exact) mass is 189 g/mol. The first kappa shape index (κ1) is 8.27. The largest absolute Gasteiger partial charge is 0.329 e. The highest BCUT2D eigenvalue weighted by Gasteiger charge is 2.52. The Labute approximate surface area is 83.4 Å². The first-order valence-electron chi connectivity index (χ1n) is 5.30. The predicted molar refractivity (Wildman–Crippen MR) is 55.4 cm³/mol. The smallest absolute Gasteiger partial charge is 0.248 e. The van der Waals surface area contributed by atoms with Crippen molar-refractivity contribution in [2.75, 3.05) is 0 Å². The summed E-state index contributed by atoms with van der Waals surface area (Å²) in [5.41, 5.74) is 3.17. The second kappa shape index (κ2) is 2.30. The van der Waals surface area contributed by atoms with Gasteiger partial charge in [-0.05, 0) is 41.2 Å². The van der Waals surface area contributed by atoms with E-state index in [-0.39, 0.29) is 5.56 Å². The molecule has 1 saturated carbocycles. The Kier molecular flexibility index (Phi) is 1.36. The lowest BCUT2D eigenvalue weighted by atomic mass is 9.48. The van der Waals surface area contributed by atoms with Crippen LogP contribution >= 0.6 is 0 Å². The zero-order chi connectivity index (χ0) is 9.92. The number of hydrogen-bond donors (Lipinski definition) is 1. The Hall–Kier alpha value is -1.05. The van der Waals surface area contributed by atoms with Crippen LogP contribution < -0.4 is 5.56 Å². The fourth-order valence-electron chi connectivity index (χ4n) is 3.18. The van der Waals surface area contributed by atoms with Crippen LogP contribution in [0.5, 0.6) is 0 Å². The van der Waals surface area contributed by atoms with Gasteiger partial charge in [0.15, 0.2) is 0 Å². The van der Waals surface area contributed by atoms with Gasteiger partial charge in [0.2, 0.25) is 5.56 Å². The van der Waals surface area contributed by atoms with Crippen LogP contribution in [0.2, 0.25) is 0 Å². The maximum absolute atomic E-state index is 11.2. The van der Waals surface area contributed by atoms with Gasteiger partial charge in [0.05, 0.1) is 0 Å². The van der Waals surface area contributed by atoms with Crippen molar-refractivity contribution >= 4 is 0 Å². The molecule has 1 heterocycles. The van der Waals surface area contributed by atoms with Crippen LogP contribution in [-0.4, -0.2) is 4.98 Å². The van der Waals surface area contributed by atoms with Gasteiger partial charge in [-0.1, -0.05) is 13.8 Å². The molecule has 1 N–H and O–H groups in total. The Morgan fingerprint density at radius 3 is 3.00 bits per heavy atom. The molecule has 0 saturated heterocycles. The van der Waals surface area contributed by atoms with E-state index in [4.69, 9.17) is 0 Å². The molecular formula is C12H15NO. The lowest BCUT2D eigenvalue weighted by molar-refractivity contribution is 0.0182. The average Bonchev–Trinajstić information content (AvgIpc) is 2.16. The number of rotatable bonds is 0. The van der Waals surface area contributed by atoms with Crippen molar-refractivity contribution in [3.63, 3.8) is 0 Å². The Morgan fingerprint density at radius 1 is 1.50 bits per heavy atom. The maximum Gasteiger partial charge on any atom is 0.248 e. The molecule has 4 rings (SSSR count). The van der Waals surface area contributed by atoms with Gasteiger partial charge in [-0.3, -0.25) is 4.79 Å². The first-order valence-corrected chi connectivity index (χ1v) is 5.30. The van der Waals surface area contributed by atoms with Crippen molar-refractivity contribution in [3.8, 4) is 0 Å². The number of aromatic amines is 1. The molecule has 0 aliphatic heterocycles. The third-order valence-electron chi connectivity index (χ3n) is 4.36. The van der Waals surface area contributed by atoms with E-state index in [9.17, 15) is 4.79 Å². The van der Waals surface area contributed by atoms with E-state index < -0.39 is 0 Å². The molecule has 2 bridgehead atoms. The highest BCUT2D eigenvalue weighted by atomic mass is 16.1. The van der Waals surface area contributed by atoms with Crippen LogP contribution in [-0.2, 0) is 6.42 Å². The van der Waals surface area contributed by atoms with Gasteiger partial charge < -0.3 is 4.98 Å². The molecule has 1 aromatic heterocycles. The minimum Gasteiger partial charge on any atom is -0.329 e. The molecule has 0 unspecified atom stereocenters. The molecular weight excluding hydrogens is 174 g/mol. The summed E-state index contributed by atoms with van der Waals surface area (Å²) in [5.74, 6) is 1.47. The quantitative estimate of drug-likeness (QED) is 0.665. The number of pyridine rings is 1. The standard InChI is InChI=1S/C12H15NO/c1-12(2)8-3-7-4-11(14)13-6-9(7)10(12)5-8/h4,6,8,10H,3,5H2,1-2H3,(H,13,14)/t8-,10-/m0/s1. The fourth-order valence-corrected chi connectivity index (χ4v) is 3.18. The van der Waals surface area contributed by atoms with Crippen molar-refractivity contribution in [2.45, 2.75) is 32.6 Å². The van der Waals surface area contributed by atoms with Crippen LogP contribution in [0, 0.1) is 11.3 Å². The SMILES string of the molecule is CC1(C)[C@H]2Cc3cc(=O)[nH]cc3[C@@H]1C2. The highest BCUT2D eigenvalue weighted by Crippen LogP contribution is 2.61. The van der Waals surface area contributed by atoms with Crippen molar-refractivity contribution in [1.29, 1.82) is 0 Å². The van der Waals surface area contributed by atoms with E-state index in [1.165, 1.54) is 17.5 Å². The van der Waals surface area contributed by atoms with Crippen LogP contribution in [0.1, 0.15) is 37.3 Å². The molecule has 1 aromatic rings. The van der Waals surface area contributed by atoms with Crippen LogP contribution in [0.3, 0.4) is 0 Å². The molecule has 3 aliphatic rings. The Morgan fingerprint density at radius 2 is 2.29 bits per heavy atom. The maximum atomic E-state index is 11.2. The van der Waals surface area contributed by atoms with Gasteiger partial charge in [0, 0.05) is 12.3 Å². The zero-order valence-electron chi connectivity index (χ0n) is 8.63. The minimum absolute atomic E-state index is 0.0443. The van der Waals surface area contributed by atoms with Crippen LogP contribution in [0.4, 0.5) is 0 Å². The fraction of sp³-hybridized carbons (Fsp3) is 0.583. The normalized spacial score (nSPS) is 31.9. The summed E-state index contributed by atoms with van der Waals surface area (Å²) in [4.78, 5) is 14.0. The molecule has 2 heteroatoms. The Bertz CT molecular complexity index is 444. The lowest BCUT2D eigenvalue weighted by Crippen LogP contribution is -2.48. The summed E-state index contributed by atoms with van der Waals surface area (Å²) in [6.07, 6.45) is 4.34. The second-order valence-corrected chi connectivity index (χ2v) is 5.29. The van der Waals surface area contributed by atoms with Crippen LogP contribution in [0.15, 0.2) is 17.1 Å². The molecule has 2 nitrogen and oxygen atoms in total. The summed E-state index contributed by atoms with van der Waals surface area (Å²) in [6, 6.07) is 1.78. The van der Waals surface area contributed by atoms with E-state index >= 15 is 0 Å². The highest BCUT2D eigenvalue weighted by molar-refractivity contribution is 5.37. The number of H-pyrrole nitrogens is 1. The Balaban J connectivity index is 2.16. The van der Waals surface area contributed by atoms with Crippen molar-refractivity contribution in [3.05, 3.63) is 33.7 Å². The summed E-state index contributed by atoms with van der Waals surface area (Å²) < 4.78 is 0. The third kappa shape index (κ3) is 0.839. The van der Waals surface area contributed by atoms with Gasteiger partial charge in [-0.25, -0.2) is 0 Å². The van der Waals surface area contributed by atoms with Crippen molar-refractivity contribution < 1.29 is 0 Å². The second-order valence-electron chi connectivity index (χ2n) is 5.29. The molecule has 0 radical (unpaired) electrons. The molecule has 2 atom stereocenters. The minimum atomic E-state index is 0.0443. The third-order valence-corrected chi connectivity index (χ3v) is 4.36. The molecule has 74 valence electrons. The van der Waals surface area contributed by atoms with E-state index in [2.05, 4.69) is 18.8 Å². The topological polar surface area (TPSA) is 32.9 Å². The van der Waals surface area contributed by atoms with Crippen molar-refractivity contribution in [2.24, 2.45) is 11.3 Å². The number of hydrogen-bond acceptors (Lipinski definition) is 1. The van der Waals surface area contributed by atoms with Crippen molar-refractivity contribution in [1.82, 2.24) is 4.98 Å².